The minimum atomic E-state index is 0.0119. The molecule has 0 atom stereocenters. The van der Waals surface area contributed by atoms with Gasteiger partial charge >= 0.3 is 0 Å². The molecule has 0 bridgehead atoms. The Morgan fingerprint density at radius 3 is 3.05 bits per heavy atom. The molecule has 6 heteroatoms. The fourth-order valence-corrected chi connectivity index (χ4v) is 3.75. The average molecular weight is 295 g/mol. The van der Waals surface area contributed by atoms with Crippen LogP contribution in [0.1, 0.15) is 32.1 Å². The zero-order valence-electron chi connectivity index (χ0n) is 11.6. The van der Waals surface area contributed by atoms with Crippen molar-refractivity contribution in [2.45, 2.75) is 37.7 Å². The number of aromatic nitrogens is 1. The quantitative estimate of drug-likeness (QED) is 0.928. The molecule has 2 heterocycles. The van der Waals surface area contributed by atoms with Gasteiger partial charge in [-0.2, -0.15) is 0 Å². The highest BCUT2D eigenvalue weighted by molar-refractivity contribution is 7.13. The number of morpholine rings is 1. The van der Waals surface area contributed by atoms with Crippen molar-refractivity contribution in [2.75, 3.05) is 31.6 Å². The fourth-order valence-electron chi connectivity index (χ4n) is 3.20. The van der Waals surface area contributed by atoms with Crippen molar-refractivity contribution < 1.29 is 9.53 Å². The van der Waals surface area contributed by atoms with E-state index in [-0.39, 0.29) is 11.5 Å². The number of ether oxygens (including phenoxy) is 1. The summed E-state index contributed by atoms with van der Waals surface area (Å²) in [6.07, 6.45) is 7.79. The van der Waals surface area contributed by atoms with Crippen LogP contribution in [0.5, 0.6) is 0 Å². The molecule has 1 saturated heterocycles. The Morgan fingerprint density at radius 2 is 2.30 bits per heavy atom. The molecule has 1 aromatic rings. The van der Waals surface area contributed by atoms with Crippen LogP contribution < -0.4 is 5.32 Å². The van der Waals surface area contributed by atoms with E-state index in [9.17, 15) is 4.79 Å². The summed E-state index contributed by atoms with van der Waals surface area (Å²) < 4.78 is 6.04. The number of amides is 1. The van der Waals surface area contributed by atoms with Gasteiger partial charge in [-0.25, -0.2) is 4.98 Å². The number of nitrogens with one attached hydrogen (secondary N) is 1. The maximum Gasteiger partial charge on any atom is 0.240 e. The number of nitrogens with zero attached hydrogens (tertiary/aromatic N) is 2. The third kappa shape index (κ3) is 3.37. The molecular weight excluding hydrogens is 274 g/mol. The molecule has 0 unspecified atom stereocenters. The number of carbonyl (C=O) groups excluding carboxylic acids is 1. The molecule has 1 aliphatic carbocycles. The molecule has 1 saturated carbocycles. The molecule has 5 nitrogen and oxygen atoms in total. The second kappa shape index (κ2) is 6.20. The average Bonchev–Trinajstić information content (AvgIpc) is 2.92. The third-order valence-electron chi connectivity index (χ3n) is 4.14. The first-order valence-electron chi connectivity index (χ1n) is 7.31. The number of hydrogen-bond donors (Lipinski definition) is 1. The van der Waals surface area contributed by atoms with Gasteiger partial charge in [0.15, 0.2) is 5.13 Å². The van der Waals surface area contributed by atoms with Crippen LogP contribution in [0.3, 0.4) is 0 Å². The van der Waals surface area contributed by atoms with Crippen LogP contribution in [-0.2, 0) is 9.53 Å². The van der Waals surface area contributed by atoms with Gasteiger partial charge in [-0.05, 0) is 12.8 Å². The van der Waals surface area contributed by atoms with E-state index in [2.05, 4.69) is 15.2 Å². The molecule has 1 aliphatic heterocycles. The number of carbonyl (C=O) groups is 1. The Kier molecular flexibility index (Phi) is 4.33. The van der Waals surface area contributed by atoms with Gasteiger partial charge in [0.1, 0.15) is 0 Å². The van der Waals surface area contributed by atoms with E-state index in [0.717, 1.165) is 32.5 Å². The van der Waals surface area contributed by atoms with Crippen molar-refractivity contribution in [1.82, 2.24) is 9.88 Å². The summed E-state index contributed by atoms with van der Waals surface area (Å²) in [5, 5.41) is 5.39. The second-order valence-electron chi connectivity index (χ2n) is 5.69. The monoisotopic (exact) mass is 295 g/mol. The summed E-state index contributed by atoms with van der Waals surface area (Å²) in [4.78, 5) is 18.3. The van der Waals surface area contributed by atoms with Crippen LogP contribution in [0.25, 0.3) is 0 Å². The predicted octanol–water partition coefficient (Wildman–Crippen LogP) is 2.12. The lowest BCUT2D eigenvalue weighted by Gasteiger charge is -2.44. The van der Waals surface area contributed by atoms with Crippen molar-refractivity contribution in [2.24, 2.45) is 0 Å². The van der Waals surface area contributed by atoms with Crippen LogP contribution in [0.15, 0.2) is 11.6 Å². The molecule has 20 heavy (non-hydrogen) atoms. The van der Waals surface area contributed by atoms with Gasteiger partial charge in [-0.1, -0.05) is 19.3 Å². The minimum absolute atomic E-state index is 0.0119. The van der Waals surface area contributed by atoms with Crippen molar-refractivity contribution in [3.05, 3.63) is 11.6 Å². The van der Waals surface area contributed by atoms with Crippen LogP contribution in [0.4, 0.5) is 5.13 Å². The Hall–Kier alpha value is -0.980. The molecule has 0 aromatic carbocycles. The molecule has 2 fully saturated rings. The number of hydrogen-bond acceptors (Lipinski definition) is 5. The fraction of sp³-hybridized carbons (Fsp3) is 0.714. The summed E-state index contributed by atoms with van der Waals surface area (Å²) in [5.41, 5.74) is 0.0119. The topological polar surface area (TPSA) is 54.5 Å². The molecule has 1 N–H and O–H groups in total. The summed E-state index contributed by atoms with van der Waals surface area (Å²) in [6, 6.07) is 0. The van der Waals surface area contributed by atoms with Gasteiger partial charge in [0, 0.05) is 24.7 Å². The highest BCUT2D eigenvalue weighted by Gasteiger charge is 2.37. The predicted molar refractivity (Wildman–Crippen MR) is 79.0 cm³/mol. The third-order valence-corrected chi connectivity index (χ3v) is 4.83. The van der Waals surface area contributed by atoms with Gasteiger partial charge < -0.3 is 10.1 Å². The van der Waals surface area contributed by atoms with E-state index in [0.29, 0.717) is 11.7 Å². The SMILES string of the molecule is O=C(CN1CCOC2(CCCCC2)C1)Nc1nccs1. The Morgan fingerprint density at radius 1 is 1.45 bits per heavy atom. The van der Waals surface area contributed by atoms with E-state index in [1.807, 2.05) is 5.38 Å². The minimum Gasteiger partial charge on any atom is -0.372 e. The van der Waals surface area contributed by atoms with E-state index in [1.54, 1.807) is 6.20 Å². The highest BCUT2D eigenvalue weighted by atomic mass is 32.1. The molecule has 1 aromatic heterocycles. The Bertz CT molecular complexity index is 438. The van der Waals surface area contributed by atoms with E-state index in [4.69, 9.17) is 4.74 Å². The molecule has 110 valence electrons. The smallest absolute Gasteiger partial charge is 0.240 e. The first kappa shape index (κ1) is 14.0. The van der Waals surface area contributed by atoms with Gasteiger partial charge in [-0.3, -0.25) is 9.69 Å². The second-order valence-corrected chi connectivity index (χ2v) is 6.58. The summed E-state index contributed by atoms with van der Waals surface area (Å²) >= 11 is 1.45. The van der Waals surface area contributed by atoms with Gasteiger partial charge in [0.2, 0.25) is 5.91 Å². The lowest BCUT2D eigenvalue weighted by molar-refractivity contribution is -0.135. The van der Waals surface area contributed by atoms with Crippen LogP contribution in [0.2, 0.25) is 0 Å². The largest absolute Gasteiger partial charge is 0.372 e. The van der Waals surface area contributed by atoms with E-state index < -0.39 is 0 Å². The first-order valence-corrected chi connectivity index (χ1v) is 8.19. The molecule has 1 spiro atoms. The lowest BCUT2D eigenvalue weighted by Crippen LogP contribution is -2.54. The normalized spacial score (nSPS) is 22.8. The maximum absolute atomic E-state index is 12.0. The van der Waals surface area contributed by atoms with Crippen LogP contribution in [-0.4, -0.2) is 47.6 Å². The number of rotatable bonds is 3. The molecule has 0 radical (unpaired) electrons. The first-order chi connectivity index (χ1) is 9.76. The van der Waals surface area contributed by atoms with E-state index >= 15 is 0 Å². The van der Waals surface area contributed by atoms with Crippen molar-refractivity contribution >= 4 is 22.4 Å². The number of anilines is 1. The van der Waals surface area contributed by atoms with Crippen molar-refractivity contribution in [3.8, 4) is 0 Å². The zero-order valence-corrected chi connectivity index (χ0v) is 12.5. The lowest BCUT2D eigenvalue weighted by atomic mass is 9.83. The van der Waals surface area contributed by atoms with Crippen molar-refractivity contribution in [3.63, 3.8) is 0 Å². The molecule has 3 rings (SSSR count). The van der Waals surface area contributed by atoms with Crippen molar-refractivity contribution in [1.29, 1.82) is 0 Å². The maximum atomic E-state index is 12.0. The number of thiazole rings is 1. The van der Waals surface area contributed by atoms with E-state index in [1.165, 1.54) is 30.6 Å². The molecule has 2 aliphatic rings. The van der Waals surface area contributed by atoms with Crippen LogP contribution in [0, 0.1) is 0 Å². The highest BCUT2D eigenvalue weighted by Crippen LogP contribution is 2.34. The Labute approximate surface area is 123 Å². The molecular formula is C14H21N3O2S. The Balaban J connectivity index is 1.53. The summed E-state index contributed by atoms with van der Waals surface area (Å²) in [5.74, 6) is 0.0211. The molecule has 1 amide bonds. The summed E-state index contributed by atoms with van der Waals surface area (Å²) in [6.45, 7) is 2.90. The van der Waals surface area contributed by atoms with Gasteiger partial charge in [0.05, 0.1) is 18.8 Å². The van der Waals surface area contributed by atoms with Gasteiger partial charge in [-0.15, -0.1) is 11.3 Å². The summed E-state index contributed by atoms with van der Waals surface area (Å²) in [7, 11) is 0. The standard InChI is InChI=1S/C14H21N3O2S/c18-12(16-13-15-6-9-20-13)10-17-7-8-19-14(11-17)4-2-1-3-5-14/h6,9H,1-5,7-8,10-11H2,(H,15,16,18). The van der Waals surface area contributed by atoms with Gasteiger partial charge in [0.25, 0.3) is 0 Å². The zero-order chi connectivity index (χ0) is 13.8. The van der Waals surface area contributed by atoms with Crippen LogP contribution >= 0.6 is 11.3 Å².